The Morgan fingerprint density at radius 1 is 1.00 bits per heavy atom. The van der Waals surface area contributed by atoms with E-state index in [1.165, 1.54) is 11.1 Å². The van der Waals surface area contributed by atoms with Crippen molar-refractivity contribution < 1.29 is 4.74 Å². The molecule has 0 amide bonds. The van der Waals surface area contributed by atoms with E-state index in [4.69, 9.17) is 10.5 Å². The summed E-state index contributed by atoms with van der Waals surface area (Å²) < 4.78 is 5.43. The van der Waals surface area contributed by atoms with E-state index in [-0.39, 0.29) is 0 Å². The monoisotopic (exact) mass is 256 g/mol. The summed E-state index contributed by atoms with van der Waals surface area (Å²) in [5.74, 6) is 0.825. The molecule has 0 aliphatic heterocycles. The maximum Gasteiger partial charge on any atom is 0.142 e. The van der Waals surface area contributed by atoms with Crippen LogP contribution in [-0.2, 0) is 0 Å². The Morgan fingerprint density at radius 2 is 1.68 bits per heavy atom. The number of aryl methyl sites for hydroxylation is 3. The van der Waals surface area contributed by atoms with Gasteiger partial charge in [-0.15, -0.1) is 0 Å². The minimum absolute atomic E-state index is 0.736. The quantitative estimate of drug-likeness (QED) is 0.817. The van der Waals surface area contributed by atoms with Crippen LogP contribution in [0.4, 0.5) is 17.1 Å². The fourth-order valence-corrected chi connectivity index (χ4v) is 2.05. The van der Waals surface area contributed by atoms with Gasteiger partial charge in [0.1, 0.15) is 5.75 Å². The summed E-state index contributed by atoms with van der Waals surface area (Å²) in [5, 5.41) is 3.38. The molecule has 0 aliphatic rings. The Hall–Kier alpha value is -2.16. The molecule has 0 bridgehead atoms. The topological polar surface area (TPSA) is 47.3 Å². The van der Waals surface area contributed by atoms with Crippen LogP contribution in [-0.4, -0.2) is 7.11 Å². The summed E-state index contributed by atoms with van der Waals surface area (Å²) in [6.45, 7) is 6.19. The maximum absolute atomic E-state index is 6.03. The Balaban J connectivity index is 2.46. The molecule has 3 heteroatoms. The first-order chi connectivity index (χ1) is 9.02. The Kier molecular flexibility index (Phi) is 3.65. The third-order valence-corrected chi connectivity index (χ3v) is 3.38. The summed E-state index contributed by atoms with van der Waals surface area (Å²) in [4.78, 5) is 0. The zero-order valence-corrected chi connectivity index (χ0v) is 11.9. The fourth-order valence-electron chi connectivity index (χ4n) is 2.05. The number of hydrogen-bond donors (Lipinski definition) is 2. The van der Waals surface area contributed by atoms with Crippen molar-refractivity contribution in [3.63, 3.8) is 0 Å². The van der Waals surface area contributed by atoms with Gasteiger partial charge in [0.05, 0.1) is 24.2 Å². The number of rotatable bonds is 3. The number of methoxy groups -OCH3 is 1. The third kappa shape index (κ3) is 2.65. The van der Waals surface area contributed by atoms with Gasteiger partial charge in [-0.25, -0.2) is 0 Å². The molecule has 0 saturated carbocycles. The lowest BCUT2D eigenvalue weighted by atomic mass is 10.1. The number of benzene rings is 2. The predicted octanol–water partition coefficient (Wildman–Crippen LogP) is 3.95. The predicted molar refractivity (Wildman–Crippen MR) is 81.3 cm³/mol. The summed E-state index contributed by atoms with van der Waals surface area (Å²) in [6.07, 6.45) is 0. The second kappa shape index (κ2) is 5.22. The van der Waals surface area contributed by atoms with Crippen molar-refractivity contribution in [2.45, 2.75) is 20.8 Å². The van der Waals surface area contributed by atoms with E-state index in [1.807, 2.05) is 31.2 Å². The molecule has 2 rings (SSSR count). The number of hydrogen-bond acceptors (Lipinski definition) is 3. The number of ether oxygens (including phenoxy) is 1. The van der Waals surface area contributed by atoms with Gasteiger partial charge in [0, 0.05) is 0 Å². The molecule has 0 unspecified atom stereocenters. The SMILES string of the molecule is COc1cc(C)c(C)cc1Nc1c(C)cccc1N. The molecule has 3 N–H and O–H groups in total. The van der Waals surface area contributed by atoms with E-state index in [0.717, 1.165) is 28.4 Å². The van der Waals surface area contributed by atoms with Gasteiger partial charge in [0.25, 0.3) is 0 Å². The lowest BCUT2D eigenvalue weighted by molar-refractivity contribution is 0.416. The zero-order valence-electron chi connectivity index (χ0n) is 11.9. The molecule has 2 aromatic rings. The van der Waals surface area contributed by atoms with Crippen LogP contribution in [0.3, 0.4) is 0 Å². The molecule has 2 aromatic carbocycles. The molecule has 0 aromatic heterocycles. The van der Waals surface area contributed by atoms with Gasteiger partial charge >= 0.3 is 0 Å². The van der Waals surface area contributed by atoms with Crippen LogP contribution in [0.15, 0.2) is 30.3 Å². The molecule has 0 radical (unpaired) electrons. The molecule has 0 aliphatic carbocycles. The highest BCUT2D eigenvalue weighted by atomic mass is 16.5. The fraction of sp³-hybridized carbons (Fsp3) is 0.250. The van der Waals surface area contributed by atoms with Crippen LogP contribution in [0.25, 0.3) is 0 Å². The highest BCUT2D eigenvalue weighted by molar-refractivity contribution is 5.78. The summed E-state index contributed by atoms with van der Waals surface area (Å²) in [7, 11) is 1.68. The van der Waals surface area contributed by atoms with Crippen LogP contribution >= 0.6 is 0 Å². The van der Waals surface area contributed by atoms with Gasteiger partial charge in [0.15, 0.2) is 0 Å². The lowest BCUT2D eigenvalue weighted by Crippen LogP contribution is -2.01. The highest BCUT2D eigenvalue weighted by Gasteiger charge is 2.09. The molecular weight excluding hydrogens is 236 g/mol. The first-order valence-corrected chi connectivity index (χ1v) is 6.30. The van der Waals surface area contributed by atoms with Crippen LogP contribution in [0.2, 0.25) is 0 Å². The summed E-state index contributed by atoms with van der Waals surface area (Å²) in [6, 6.07) is 9.99. The van der Waals surface area contributed by atoms with Crippen LogP contribution in [0.5, 0.6) is 5.75 Å². The van der Waals surface area contributed by atoms with E-state index >= 15 is 0 Å². The summed E-state index contributed by atoms with van der Waals surface area (Å²) in [5.41, 5.74) is 12.2. The lowest BCUT2D eigenvalue weighted by Gasteiger charge is -2.16. The van der Waals surface area contributed by atoms with Crippen molar-refractivity contribution in [2.75, 3.05) is 18.2 Å². The van der Waals surface area contributed by atoms with Crippen molar-refractivity contribution in [2.24, 2.45) is 0 Å². The van der Waals surface area contributed by atoms with Crippen LogP contribution in [0, 0.1) is 20.8 Å². The molecule has 19 heavy (non-hydrogen) atoms. The first-order valence-electron chi connectivity index (χ1n) is 6.30. The van der Waals surface area contributed by atoms with Gasteiger partial charge in [-0.05, 0) is 55.7 Å². The van der Waals surface area contributed by atoms with E-state index in [1.54, 1.807) is 7.11 Å². The normalized spacial score (nSPS) is 10.3. The molecule has 0 saturated heterocycles. The third-order valence-electron chi connectivity index (χ3n) is 3.38. The number of para-hydroxylation sites is 1. The van der Waals surface area contributed by atoms with E-state index in [2.05, 4.69) is 25.2 Å². The average molecular weight is 256 g/mol. The number of nitrogens with one attached hydrogen (secondary N) is 1. The molecule has 0 spiro atoms. The average Bonchev–Trinajstić information content (AvgIpc) is 2.37. The van der Waals surface area contributed by atoms with Crippen molar-refractivity contribution >= 4 is 17.1 Å². The van der Waals surface area contributed by atoms with Gasteiger partial charge < -0.3 is 15.8 Å². The van der Waals surface area contributed by atoms with Gasteiger partial charge in [-0.3, -0.25) is 0 Å². The molecule has 100 valence electrons. The van der Waals surface area contributed by atoms with Crippen molar-refractivity contribution in [3.05, 3.63) is 47.0 Å². The van der Waals surface area contributed by atoms with Crippen molar-refractivity contribution in [1.29, 1.82) is 0 Å². The van der Waals surface area contributed by atoms with Crippen molar-refractivity contribution in [1.82, 2.24) is 0 Å². The smallest absolute Gasteiger partial charge is 0.142 e. The second-order valence-corrected chi connectivity index (χ2v) is 4.80. The Labute approximate surface area is 114 Å². The largest absolute Gasteiger partial charge is 0.495 e. The minimum Gasteiger partial charge on any atom is -0.495 e. The standard InChI is InChI=1S/C16H20N2O/c1-10-6-5-7-13(17)16(10)18-14-8-11(2)12(3)9-15(14)19-4/h5-9,18H,17H2,1-4H3. The van der Waals surface area contributed by atoms with Crippen LogP contribution in [0.1, 0.15) is 16.7 Å². The number of nitrogens with two attached hydrogens (primary N) is 1. The maximum atomic E-state index is 6.03. The molecule has 3 nitrogen and oxygen atoms in total. The molecular formula is C16H20N2O. The number of nitrogen functional groups attached to an aromatic ring is 1. The van der Waals surface area contributed by atoms with Gasteiger partial charge in [0.2, 0.25) is 0 Å². The van der Waals surface area contributed by atoms with Crippen molar-refractivity contribution in [3.8, 4) is 5.75 Å². The Morgan fingerprint density at radius 3 is 2.32 bits per heavy atom. The molecule has 0 atom stereocenters. The second-order valence-electron chi connectivity index (χ2n) is 4.80. The molecule has 0 heterocycles. The van der Waals surface area contributed by atoms with E-state index < -0.39 is 0 Å². The van der Waals surface area contributed by atoms with E-state index in [9.17, 15) is 0 Å². The zero-order chi connectivity index (χ0) is 14.0. The summed E-state index contributed by atoms with van der Waals surface area (Å²) >= 11 is 0. The van der Waals surface area contributed by atoms with Gasteiger partial charge in [-0.2, -0.15) is 0 Å². The Bertz CT molecular complexity index is 586. The van der Waals surface area contributed by atoms with Crippen LogP contribution < -0.4 is 15.8 Å². The number of anilines is 3. The highest BCUT2D eigenvalue weighted by Crippen LogP contribution is 2.33. The minimum atomic E-state index is 0.736. The first kappa shape index (κ1) is 13.3. The van der Waals surface area contributed by atoms with E-state index in [0.29, 0.717) is 0 Å². The van der Waals surface area contributed by atoms with Gasteiger partial charge in [-0.1, -0.05) is 12.1 Å². The molecule has 0 fully saturated rings.